The van der Waals surface area contributed by atoms with Crippen LogP contribution in [0.25, 0.3) is 0 Å². The van der Waals surface area contributed by atoms with Crippen LogP contribution in [-0.4, -0.2) is 28.1 Å². The fraction of sp³-hybridized carbons (Fsp3) is 0.733. The molecule has 1 aliphatic rings. The molecule has 3 unspecified atom stereocenters. The van der Waals surface area contributed by atoms with Gasteiger partial charge >= 0.3 is 0 Å². The monoisotopic (exact) mass is 330 g/mol. The summed E-state index contributed by atoms with van der Waals surface area (Å²) in [6.07, 6.45) is 4.12. The summed E-state index contributed by atoms with van der Waals surface area (Å²) in [6.45, 7) is 5.24. The van der Waals surface area contributed by atoms with Gasteiger partial charge in [0.25, 0.3) is 0 Å². The number of hydrogen-bond acceptors (Lipinski definition) is 4. The second kappa shape index (κ2) is 7.22. The smallest absolute Gasteiger partial charge is 0.250 e. The fourth-order valence-corrected chi connectivity index (χ4v) is 5.62. The fourth-order valence-electron chi connectivity index (χ4n) is 2.89. The molecule has 1 aromatic heterocycles. The van der Waals surface area contributed by atoms with Gasteiger partial charge in [-0.25, -0.2) is 13.1 Å². The van der Waals surface area contributed by atoms with E-state index in [0.717, 1.165) is 30.7 Å². The van der Waals surface area contributed by atoms with Crippen molar-refractivity contribution in [2.24, 2.45) is 11.8 Å². The molecule has 4 nitrogen and oxygen atoms in total. The molecular weight excluding hydrogens is 304 g/mol. The van der Waals surface area contributed by atoms with Gasteiger partial charge in [0.15, 0.2) is 0 Å². The molecule has 0 spiro atoms. The molecule has 1 heterocycles. The molecule has 1 aliphatic carbocycles. The minimum atomic E-state index is -3.37. The SMILES string of the molecule is CNCCc1ccc(S(=O)(=O)NC2CCCC(C)C2C)s1. The number of likely N-dealkylation sites (N-methyl/N-ethyl adjacent to an activating group) is 1. The number of thiophene rings is 1. The zero-order valence-electron chi connectivity index (χ0n) is 13.1. The van der Waals surface area contributed by atoms with E-state index >= 15 is 0 Å². The van der Waals surface area contributed by atoms with Crippen LogP contribution >= 0.6 is 11.3 Å². The summed E-state index contributed by atoms with van der Waals surface area (Å²) in [5, 5.41) is 3.08. The van der Waals surface area contributed by atoms with Crippen LogP contribution in [0.3, 0.4) is 0 Å². The standard InChI is InChI=1S/C15H26N2O2S2/c1-11-5-4-6-14(12(11)2)17-21(18,19)15-8-7-13(20-15)9-10-16-3/h7-8,11-12,14,16-17H,4-6,9-10H2,1-3H3. The molecule has 0 amide bonds. The van der Waals surface area contributed by atoms with E-state index in [0.29, 0.717) is 16.0 Å². The molecule has 21 heavy (non-hydrogen) atoms. The summed E-state index contributed by atoms with van der Waals surface area (Å²) < 4.78 is 28.4. The summed E-state index contributed by atoms with van der Waals surface area (Å²) in [4.78, 5) is 1.11. The van der Waals surface area contributed by atoms with Gasteiger partial charge in [-0.1, -0.05) is 26.7 Å². The Labute approximate surface area is 132 Å². The Morgan fingerprint density at radius 1 is 1.29 bits per heavy atom. The van der Waals surface area contributed by atoms with Crippen LogP contribution in [-0.2, 0) is 16.4 Å². The van der Waals surface area contributed by atoms with Crippen LogP contribution in [0.2, 0.25) is 0 Å². The van der Waals surface area contributed by atoms with E-state index < -0.39 is 10.0 Å². The maximum atomic E-state index is 12.5. The van der Waals surface area contributed by atoms with Crippen LogP contribution < -0.4 is 10.0 Å². The highest BCUT2D eigenvalue weighted by Gasteiger charge is 2.31. The van der Waals surface area contributed by atoms with E-state index in [4.69, 9.17) is 0 Å². The predicted octanol–water partition coefficient (Wildman–Crippen LogP) is 2.61. The largest absolute Gasteiger partial charge is 0.319 e. The number of sulfonamides is 1. The zero-order chi connectivity index (χ0) is 15.5. The van der Waals surface area contributed by atoms with Crippen molar-refractivity contribution in [2.45, 2.75) is 49.8 Å². The third kappa shape index (κ3) is 4.28. The van der Waals surface area contributed by atoms with E-state index in [2.05, 4.69) is 23.9 Å². The average molecular weight is 331 g/mol. The molecular formula is C15H26N2O2S2. The van der Waals surface area contributed by atoms with Gasteiger partial charge in [0, 0.05) is 10.9 Å². The van der Waals surface area contributed by atoms with E-state index in [-0.39, 0.29) is 6.04 Å². The van der Waals surface area contributed by atoms with Crippen molar-refractivity contribution in [3.63, 3.8) is 0 Å². The van der Waals surface area contributed by atoms with Crippen LogP contribution in [0, 0.1) is 11.8 Å². The molecule has 0 radical (unpaired) electrons. The van der Waals surface area contributed by atoms with Gasteiger partial charge in [-0.15, -0.1) is 11.3 Å². The lowest BCUT2D eigenvalue weighted by atomic mass is 9.78. The Balaban J connectivity index is 2.05. The van der Waals surface area contributed by atoms with Crippen LogP contribution in [0.1, 0.15) is 38.0 Å². The van der Waals surface area contributed by atoms with Crippen molar-refractivity contribution >= 4 is 21.4 Å². The molecule has 0 aliphatic heterocycles. The first-order chi connectivity index (χ1) is 9.94. The van der Waals surface area contributed by atoms with Crippen molar-refractivity contribution in [1.82, 2.24) is 10.0 Å². The molecule has 0 aromatic carbocycles. The Bertz CT molecular complexity index is 554. The van der Waals surface area contributed by atoms with Crippen molar-refractivity contribution in [2.75, 3.05) is 13.6 Å². The van der Waals surface area contributed by atoms with Crippen LogP contribution in [0.4, 0.5) is 0 Å². The Morgan fingerprint density at radius 3 is 2.76 bits per heavy atom. The summed E-state index contributed by atoms with van der Waals surface area (Å²) in [5.74, 6) is 0.984. The zero-order valence-corrected chi connectivity index (χ0v) is 14.7. The van der Waals surface area contributed by atoms with Gasteiger partial charge < -0.3 is 5.32 Å². The number of rotatable bonds is 6. The summed E-state index contributed by atoms with van der Waals surface area (Å²) >= 11 is 1.38. The highest BCUT2D eigenvalue weighted by Crippen LogP contribution is 2.31. The van der Waals surface area contributed by atoms with Gasteiger partial charge in [-0.3, -0.25) is 0 Å². The molecule has 1 aromatic rings. The average Bonchev–Trinajstić information content (AvgIpc) is 2.91. The second-order valence-electron chi connectivity index (χ2n) is 6.07. The quantitative estimate of drug-likeness (QED) is 0.843. The molecule has 120 valence electrons. The molecule has 2 rings (SSSR count). The summed E-state index contributed by atoms with van der Waals surface area (Å²) in [6, 6.07) is 3.72. The van der Waals surface area contributed by atoms with Crippen molar-refractivity contribution in [1.29, 1.82) is 0 Å². The number of nitrogens with one attached hydrogen (secondary N) is 2. The lowest BCUT2D eigenvalue weighted by Crippen LogP contribution is -2.43. The highest BCUT2D eigenvalue weighted by atomic mass is 32.2. The molecule has 0 bridgehead atoms. The maximum absolute atomic E-state index is 12.5. The van der Waals surface area contributed by atoms with Crippen LogP contribution in [0.5, 0.6) is 0 Å². The Hall–Kier alpha value is -0.430. The molecule has 1 saturated carbocycles. The van der Waals surface area contributed by atoms with Gasteiger partial charge in [0.05, 0.1) is 0 Å². The lowest BCUT2D eigenvalue weighted by Gasteiger charge is -2.34. The summed E-state index contributed by atoms with van der Waals surface area (Å²) in [7, 11) is -1.47. The van der Waals surface area contributed by atoms with Crippen molar-refractivity contribution in [3.05, 3.63) is 17.0 Å². The van der Waals surface area contributed by atoms with E-state index in [1.54, 1.807) is 6.07 Å². The van der Waals surface area contributed by atoms with Gasteiger partial charge in [-0.2, -0.15) is 0 Å². The molecule has 2 N–H and O–H groups in total. The first kappa shape index (κ1) is 16.9. The van der Waals surface area contributed by atoms with E-state index in [9.17, 15) is 8.42 Å². The normalized spacial score (nSPS) is 26.9. The van der Waals surface area contributed by atoms with Crippen molar-refractivity contribution < 1.29 is 8.42 Å². The minimum Gasteiger partial charge on any atom is -0.319 e. The third-order valence-electron chi connectivity index (χ3n) is 4.54. The first-order valence-electron chi connectivity index (χ1n) is 7.69. The summed E-state index contributed by atoms with van der Waals surface area (Å²) in [5.41, 5.74) is 0. The van der Waals surface area contributed by atoms with Crippen molar-refractivity contribution in [3.8, 4) is 0 Å². The topological polar surface area (TPSA) is 58.2 Å². The third-order valence-corrected chi connectivity index (χ3v) is 7.66. The molecule has 3 atom stereocenters. The Kier molecular flexibility index (Phi) is 5.82. The highest BCUT2D eigenvalue weighted by molar-refractivity contribution is 7.91. The van der Waals surface area contributed by atoms with Gasteiger partial charge in [0.1, 0.15) is 4.21 Å². The van der Waals surface area contributed by atoms with Gasteiger partial charge in [0.2, 0.25) is 10.0 Å². The molecule has 6 heteroatoms. The Morgan fingerprint density at radius 2 is 2.05 bits per heavy atom. The molecule has 0 saturated heterocycles. The first-order valence-corrected chi connectivity index (χ1v) is 9.99. The predicted molar refractivity (Wildman–Crippen MR) is 88.2 cm³/mol. The minimum absolute atomic E-state index is 0.0709. The van der Waals surface area contributed by atoms with Crippen LogP contribution in [0.15, 0.2) is 16.3 Å². The van der Waals surface area contributed by atoms with E-state index in [1.165, 1.54) is 17.8 Å². The second-order valence-corrected chi connectivity index (χ2v) is 9.18. The number of hydrogen-bond donors (Lipinski definition) is 2. The lowest BCUT2D eigenvalue weighted by molar-refractivity contribution is 0.227. The van der Waals surface area contributed by atoms with Gasteiger partial charge in [-0.05, 0) is 50.4 Å². The van der Waals surface area contributed by atoms with E-state index in [1.807, 2.05) is 13.1 Å². The maximum Gasteiger partial charge on any atom is 0.250 e. The molecule has 1 fully saturated rings.